The predicted octanol–water partition coefficient (Wildman–Crippen LogP) is 3.32. The Hall–Kier alpha value is -2.21. The standard InChI is InChI=1S/C17H20N4OS/c1-5-21-13-7-6-12(11(2)3)10-15(13)23-17(21)19-16(22)14-8-9-18-20(14)4/h6-11H,5H2,1-4H3. The van der Waals surface area contributed by atoms with Crippen LogP contribution in [0.2, 0.25) is 0 Å². The van der Waals surface area contributed by atoms with Crippen molar-refractivity contribution in [2.24, 2.45) is 12.0 Å². The first-order valence-corrected chi connectivity index (χ1v) is 8.53. The van der Waals surface area contributed by atoms with Gasteiger partial charge in [-0.3, -0.25) is 9.48 Å². The molecule has 0 unspecified atom stereocenters. The average Bonchev–Trinajstić information content (AvgIpc) is 3.09. The summed E-state index contributed by atoms with van der Waals surface area (Å²) in [6.45, 7) is 7.20. The summed E-state index contributed by atoms with van der Waals surface area (Å²) in [7, 11) is 1.75. The van der Waals surface area contributed by atoms with Gasteiger partial charge in [0.15, 0.2) is 4.80 Å². The van der Waals surface area contributed by atoms with Crippen molar-refractivity contribution in [3.05, 3.63) is 46.5 Å². The summed E-state index contributed by atoms with van der Waals surface area (Å²) in [5, 5.41) is 4.03. The molecule has 0 radical (unpaired) electrons. The third-order valence-electron chi connectivity index (χ3n) is 3.93. The topological polar surface area (TPSA) is 52.2 Å². The predicted molar refractivity (Wildman–Crippen MR) is 92.7 cm³/mol. The summed E-state index contributed by atoms with van der Waals surface area (Å²) in [5.74, 6) is 0.218. The molecule has 0 N–H and O–H groups in total. The largest absolute Gasteiger partial charge is 0.317 e. The maximum absolute atomic E-state index is 12.4. The second-order valence-corrected chi connectivity index (χ2v) is 6.78. The molecule has 0 aliphatic rings. The van der Waals surface area contributed by atoms with Crippen LogP contribution in [0.1, 0.15) is 42.7 Å². The molecule has 0 spiro atoms. The van der Waals surface area contributed by atoms with Gasteiger partial charge in [0.2, 0.25) is 0 Å². The van der Waals surface area contributed by atoms with Gasteiger partial charge in [-0.2, -0.15) is 10.1 Å². The van der Waals surface area contributed by atoms with Crippen LogP contribution in [0.5, 0.6) is 0 Å². The summed E-state index contributed by atoms with van der Waals surface area (Å²) in [5.41, 5.74) is 2.91. The van der Waals surface area contributed by atoms with E-state index in [1.54, 1.807) is 35.3 Å². The fourth-order valence-electron chi connectivity index (χ4n) is 2.57. The fraction of sp³-hybridized carbons (Fsp3) is 0.353. The highest BCUT2D eigenvalue weighted by Crippen LogP contribution is 2.23. The number of carbonyl (C=O) groups is 1. The van der Waals surface area contributed by atoms with Gasteiger partial charge in [-0.15, -0.1) is 0 Å². The Balaban J connectivity index is 2.15. The van der Waals surface area contributed by atoms with Crippen LogP contribution < -0.4 is 4.80 Å². The molecule has 0 atom stereocenters. The van der Waals surface area contributed by atoms with Crippen LogP contribution >= 0.6 is 11.3 Å². The van der Waals surface area contributed by atoms with Crippen molar-refractivity contribution in [2.75, 3.05) is 0 Å². The first-order valence-electron chi connectivity index (χ1n) is 7.71. The molecule has 120 valence electrons. The van der Waals surface area contributed by atoms with Gasteiger partial charge in [0.05, 0.1) is 10.2 Å². The summed E-state index contributed by atoms with van der Waals surface area (Å²) in [6, 6.07) is 8.16. The van der Waals surface area contributed by atoms with E-state index in [4.69, 9.17) is 0 Å². The van der Waals surface area contributed by atoms with Crippen LogP contribution in [0.3, 0.4) is 0 Å². The van der Waals surface area contributed by atoms with E-state index in [9.17, 15) is 4.79 Å². The van der Waals surface area contributed by atoms with Crippen LogP contribution in [0.15, 0.2) is 35.5 Å². The van der Waals surface area contributed by atoms with Crippen molar-refractivity contribution < 1.29 is 4.79 Å². The first-order chi connectivity index (χ1) is 11.0. The van der Waals surface area contributed by atoms with Crippen molar-refractivity contribution in [2.45, 2.75) is 33.2 Å². The highest BCUT2D eigenvalue weighted by atomic mass is 32.1. The highest BCUT2D eigenvalue weighted by Gasteiger charge is 2.12. The van der Waals surface area contributed by atoms with Crippen LogP contribution in [-0.4, -0.2) is 20.3 Å². The second kappa shape index (κ2) is 6.12. The third kappa shape index (κ3) is 2.86. The van der Waals surface area contributed by atoms with Crippen molar-refractivity contribution in [3.8, 4) is 0 Å². The number of hydrogen-bond acceptors (Lipinski definition) is 3. The van der Waals surface area contributed by atoms with E-state index in [1.807, 2.05) is 0 Å². The maximum Gasteiger partial charge on any atom is 0.297 e. The third-order valence-corrected chi connectivity index (χ3v) is 4.97. The van der Waals surface area contributed by atoms with E-state index in [0.29, 0.717) is 11.6 Å². The maximum atomic E-state index is 12.4. The number of thiazole rings is 1. The molecule has 1 amide bonds. The number of fused-ring (bicyclic) bond motifs is 1. The van der Waals surface area contributed by atoms with E-state index in [-0.39, 0.29) is 5.91 Å². The lowest BCUT2D eigenvalue weighted by Crippen LogP contribution is -2.17. The number of rotatable bonds is 3. The SMILES string of the molecule is CCn1c(=NC(=O)c2ccnn2C)sc2cc(C(C)C)ccc21. The molecule has 2 heterocycles. The molecule has 3 aromatic rings. The van der Waals surface area contributed by atoms with Gasteiger partial charge < -0.3 is 4.57 Å². The number of carbonyl (C=O) groups excluding carboxylic acids is 1. The molecule has 0 saturated heterocycles. The number of aryl methyl sites for hydroxylation is 2. The summed E-state index contributed by atoms with van der Waals surface area (Å²) in [6.07, 6.45) is 1.61. The lowest BCUT2D eigenvalue weighted by Gasteiger charge is -2.05. The van der Waals surface area contributed by atoms with Gasteiger partial charge in [-0.25, -0.2) is 0 Å². The molecule has 0 aliphatic heterocycles. The molecule has 1 aromatic carbocycles. The summed E-state index contributed by atoms with van der Waals surface area (Å²) >= 11 is 1.56. The molecule has 5 nitrogen and oxygen atoms in total. The Morgan fingerprint density at radius 3 is 2.74 bits per heavy atom. The van der Waals surface area contributed by atoms with E-state index in [2.05, 4.69) is 53.6 Å². The molecule has 2 aromatic heterocycles. The summed E-state index contributed by atoms with van der Waals surface area (Å²) < 4.78 is 4.79. The molecular weight excluding hydrogens is 308 g/mol. The molecule has 0 saturated carbocycles. The van der Waals surface area contributed by atoms with Crippen molar-refractivity contribution in [3.63, 3.8) is 0 Å². The zero-order chi connectivity index (χ0) is 16.6. The van der Waals surface area contributed by atoms with Crippen LogP contribution in [-0.2, 0) is 13.6 Å². The Morgan fingerprint density at radius 1 is 1.35 bits per heavy atom. The Bertz CT molecular complexity index is 930. The van der Waals surface area contributed by atoms with Crippen LogP contribution in [0, 0.1) is 0 Å². The molecule has 6 heteroatoms. The molecule has 0 bridgehead atoms. The van der Waals surface area contributed by atoms with Gasteiger partial charge in [-0.1, -0.05) is 31.3 Å². The van der Waals surface area contributed by atoms with Crippen molar-refractivity contribution >= 4 is 27.5 Å². The quantitative estimate of drug-likeness (QED) is 0.740. The monoisotopic (exact) mass is 328 g/mol. The Morgan fingerprint density at radius 2 is 2.13 bits per heavy atom. The first kappa shape index (κ1) is 15.7. The number of hydrogen-bond donors (Lipinski definition) is 0. The second-order valence-electron chi connectivity index (χ2n) is 5.77. The van der Waals surface area contributed by atoms with Gasteiger partial charge in [0.25, 0.3) is 5.91 Å². The molecule has 3 rings (SSSR count). The lowest BCUT2D eigenvalue weighted by molar-refractivity contribution is 0.0989. The van der Waals surface area contributed by atoms with Gasteiger partial charge in [0, 0.05) is 19.8 Å². The van der Waals surface area contributed by atoms with E-state index < -0.39 is 0 Å². The zero-order valence-electron chi connectivity index (χ0n) is 13.8. The molecule has 0 aliphatic carbocycles. The van der Waals surface area contributed by atoms with E-state index in [0.717, 1.165) is 21.6 Å². The summed E-state index contributed by atoms with van der Waals surface area (Å²) in [4.78, 5) is 17.4. The molecule has 23 heavy (non-hydrogen) atoms. The van der Waals surface area contributed by atoms with Gasteiger partial charge in [0.1, 0.15) is 5.69 Å². The van der Waals surface area contributed by atoms with E-state index in [1.165, 1.54) is 5.56 Å². The molecular formula is C17H20N4OS. The minimum atomic E-state index is -0.261. The van der Waals surface area contributed by atoms with Crippen molar-refractivity contribution in [1.82, 2.24) is 14.3 Å². The molecule has 0 fully saturated rings. The normalized spacial score (nSPS) is 12.5. The highest BCUT2D eigenvalue weighted by molar-refractivity contribution is 7.16. The van der Waals surface area contributed by atoms with Crippen LogP contribution in [0.4, 0.5) is 0 Å². The minimum Gasteiger partial charge on any atom is -0.317 e. The minimum absolute atomic E-state index is 0.261. The van der Waals surface area contributed by atoms with Gasteiger partial charge >= 0.3 is 0 Å². The Kier molecular flexibility index (Phi) is 4.17. The number of nitrogens with zero attached hydrogens (tertiary/aromatic N) is 4. The van der Waals surface area contributed by atoms with Gasteiger partial charge in [-0.05, 0) is 36.6 Å². The number of amides is 1. The average molecular weight is 328 g/mol. The number of aromatic nitrogens is 3. The zero-order valence-corrected chi connectivity index (χ0v) is 14.6. The smallest absolute Gasteiger partial charge is 0.297 e. The van der Waals surface area contributed by atoms with Crippen molar-refractivity contribution in [1.29, 1.82) is 0 Å². The Labute approximate surface area is 138 Å². The van der Waals surface area contributed by atoms with Crippen LogP contribution in [0.25, 0.3) is 10.2 Å². The number of benzene rings is 1. The fourth-order valence-corrected chi connectivity index (χ4v) is 3.71. The lowest BCUT2D eigenvalue weighted by atomic mass is 10.0. The van der Waals surface area contributed by atoms with E-state index >= 15 is 0 Å².